The lowest BCUT2D eigenvalue weighted by Gasteiger charge is -2.58. The molecule has 2 aliphatic carbocycles. The van der Waals surface area contributed by atoms with Crippen molar-refractivity contribution in [3.8, 4) is 0 Å². The molecule has 1 fully saturated rings. The predicted molar refractivity (Wildman–Crippen MR) is 96.2 cm³/mol. The lowest BCUT2D eigenvalue weighted by atomic mass is 9.47. The molecular weight excluding hydrogens is 300 g/mol. The monoisotopic (exact) mass is 330 g/mol. The Morgan fingerprint density at radius 1 is 1.38 bits per heavy atom. The molecule has 0 aromatic heterocycles. The van der Waals surface area contributed by atoms with Crippen LogP contribution >= 0.6 is 0 Å². The molecule has 0 amide bonds. The summed E-state index contributed by atoms with van der Waals surface area (Å²) in [6.07, 6.45) is 11.0. The van der Waals surface area contributed by atoms with Crippen LogP contribution in [0.25, 0.3) is 0 Å². The van der Waals surface area contributed by atoms with E-state index in [1.165, 1.54) is 5.57 Å². The fourth-order valence-electron chi connectivity index (χ4n) is 5.18. The van der Waals surface area contributed by atoms with E-state index < -0.39 is 11.5 Å². The zero-order valence-electron chi connectivity index (χ0n) is 15.1. The largest absolute Gasteiger partial charge is 0.490 e. The van der Waals surface area contributed by atoms with Gasteiger partial charge >= 0.3 is 0 Å². The summed E-state index contributed by atoms with van der Waals surface area (Å²) in [4.78, 5) is 0. The van der Waals surface area contributed by atoms with E-state index >= 15 is 0 Å². The average molecular weight is 330 g/mol. The van der Waals surface area contributed by atoms with Gasteiger partial charge in [0.05, 0.1) is 12.7 Å². The molecule has 1 heterocycles. The fraction of sp³-hybridized carbons (Fsp3) is 0.619. The van der Waals surface area contributed by atoms with Crippen LogP contribution in [0.3, 0.4) is 0 Å². The average Bonchev–Trinajstić information content (AvgIpc) is 2.96. The molecule has 1 saturated carbocycles. The van der Waals surface area contributed by atoms with E-state index in [0.29, 0.717) is 12.5 Å². The molecule has 3 nitrogen and oxygen atoms in total. The van der Waals surface area contributed by atoms with Crippen LogP contribution in [0.4, 0.5) is 0 Å². The standard InChI is InChI=1S/C21H30O3/c1-14-5-8-18-20(3,11-9-19(23)21(18,4)13-22)17(14)7-6-16-10-12-24-15(16)2/h5-7,10,17-19,22-23H,2,8-9,11-13H2,1,3-4H3/b7-6+/t17-,18?,19-,20+,21+/m1/s1. The smallest absolute Gasteiger partial charge is 0.119 e. The van der Waals surface area contributed by atoms with Crippen molar-refractivity contribution in [2.24, 2.45) is 22.7 Å². The topological polar surface area (TPSA) is 49.7 Å². The highest BCUT2D eigenvalue weighted by Gasteiger charge is 2.56. The van der Waals surface area contributed by atoms with Gasteiger partial charge in [-0.25, -0.2) is 0 Å². The Labute approximate surface area is 145 Å². The summed E-state index contributed by atoms with van der Waals surface area (Å²) in [6, 6.07) is 0. The molecule has 0 radical (unpaired) electrons. The van der Waals surface area contributed by atoms with Crippen molar-refractivity contribution >= 4 is 0 Å². The zero-order valence-corrected chi connectivity index (χ0v) is 15.1. The van der Waals surface area contributed by atoms with Crippen molar-refractivity contribution in [1.29, 1.82) is 0 Å². The Morgan fingerprint density at radius 2 is 2.12 bits per heavy atom. The van der Waals surface area contributed by atoms with Gasteiger partial charge in [-0.15, -0.1) is 0 Å². The van der Waals surface area contributed by atoms with Crippen LogP contribution in [0.15, 0.2) is 47.8 Å². The van der Waals surface area contributed by atoms with Crippen molar-refractivity contribution < 1.29 is 14.9 Å². The number of ether oxygens (including phenoxy) is 1. The van der Waals surface area contributed by atoms with E-state index in [9.17, 15) is 10.2 Å². The fourth-order valence-corrected chi connectivity index (χ4v) is 5.18. The minimum absolute atomic E-state index is 0.0353. The highest BCUT2D eigenvalue weighted by molar-refractivity contribution is 5.39. The Hall–Kier alpha value is -1.32. The molecule has 0 aromatic rings. The molecule has 132 valence electrons. The highest BCUT2D eigenvalue weighted by Crippen LogP contribution is 2.60. The molecule has 2 N–H and O–H groups in total. The first-order valence-corrected chi connectivity index (χ1v) is 8.99. The van der Waals surface area contributed by atoms with Gasteiger partial charge in [0.1, 0.15) is 12.4 Å². The van der Waals surface area contributed by atoms with Crippen molar-refractivity contribution in [3.63, 3.8) is 0 Å². The van der Waals surface area contributed by atoms with Gasteiger partial charge < -0.3 is 14.9 Å². The second kappa shape index (κ2) is 6.20. The van der Waals surface area contributed by atoms with Crippen LogP contribution in [0.5, 0.6) is 0 Å². The van der Waals surface area contributed by atoms with Crippen molar-refractivity contribution in [2.45, 2.75) is 46.1 Å². The van der Waals surface area contributed by atoms with Crippen LogP contribution in [0.2, 0.25) is 0 Å². The van der Waals surface area contributed by atoms with E-state index in [2.05, 4.69) is 44.7 Å². The number of aliphatic hydroxyl groups excluding tert-OH is 2. The first-order valence-electron chi connectivity index (χ1n) is 8.99. The summed E-state index contributed by atoms with van der Waals surface area (Å²) in [6.45, 7) is 11.2. The number of aliphatic hydroxyl groups is 2. The summed E-state index contributed by atoms with van der Waals surface area (Å²) >= 11 is 0. The molecule has 1 aliphatic heterocycles. The van der Waals surface area contributed by atoms with Crippen LogP contribution < -0.4 is 0 Å². The lowest BCUT2D eigenvalue weighted by molar-refractivity contribution is -0.138. The Bertz CT molecular complexity index is 615. The first-order chi connectivity index (χ1) is 11.3. The van der Waals surface area contributed by atoms with Crippen LogP contribution in [0.1, 0.15) is 40.0 Å². The maximum absolute atomic E-state index is 10.5. The molecule has 1 unspecified atom stereocenters. The Morgan fingerprint density at radius 3 is 2.75 bits per heavy atom. The molecule has 3 aliphatic rings. The zero-order chi connectivity index (χ0) is 17.5. The van der Waals surface area contributed by atoms with Gasteiger partial charge in [0.25, 0.3) is 0 Å². The first kappa shape index (κ1) is 17.5. The number of allylic oxidation sites excluding steroid dienone is 4. The van der Waals surface area contributed by atoms with Crippen molar-refractivity contribution in [2.75, 3.05) is 13.2 Å². The third-order valence-electron chi connectivity index (χ3n) is 6.88. The molecular formula is C21H30O3. The number of hydrogen-bond donors (Lipinski definition) is 2. The summed E-state index contributed by atoms with van der Waals surface area (Å²) in [5, 5.41) is 20.6. The molecule has 3 rings (SSSR count). The van der Waals surface area contributed by atoms with Gasteiger partial charge in [-0.05, 0) is 43.6 Å². The quantitative estimate of drug-likeness (QED) is 0.775. The maximum Gasteiger partial charge on any atom is 0.119 e. The highest BCUT2D eigenvalue weighted by atomic mass is 16.5. The van der Waals surface area contributed by atoms with Crippen LogP contribution in [-0.4, -0.2) is 29.5 Å². The van der Waals surface area contributed by atoms with E-state index in [-0.39, 0.29) is 17.9 Å². The van der Waals surface area contributed by atoms with Gasteiger partial charge in [-0.1, -0.05) is 44.2 Å². The second-order valence-corrected chi connectivity index (χ2v) is 8.19. The predicted octanol–water partition coefficient (Wildman–Crippen LogP) is 3.75. The number of rotatable bonds is 3. The van der Waals surface area contributed by atoms with Gasteiger partial charge in [-0.3, -0.25) is 0 Å². The second-order valence-electron chi connectivity index (χ2n) is 8.19. The van der Waals surface area contributed by atoms with E-state index in [4.69, 9.17) is 4.74 Å². The van der Waals surface area contributed by atoms with Crippen LogP contribution in [-0.2, 0) is 4.74 Å². The summed E-state index contributed by atoms with van der Waals surface area (Å²) in [5.74, 6) is 1.32. The normalized spacial score (nSPS) is 42.5. The SMILES string of the molecule is C=C1OCC=C1/C=C/[C@@H]1C(C)=CCC2[C@](C)(CO)[C@H](O)CC[C@]21C. The summed E-state index contributed by atoms with van der Waals surface area (Å²) in [5.41, 5.74) is 2.06. The Balaban J connectivity index is 1.94. The molecule has 5 atom stereocenters. The summed E-state index contributed by atoms with van der Waals surface area (Å²) < 4.78 is 5.41. The van der Waals surface area contributed by atoms with Gasteiger partial charge in [0.2, 0.25) is 0 Å². The van der Waals surface area contributed by atoms with E-state index in [0.717, 1.165) is 30.6 Å². The minimum atomic E-state index is -0.435. The Kier molecular flexibility index (Phi) is 4.52. The van der Waals surface area contributed by atoms with Gasteiger partial charge in [0, 0.05) is 16.9 Å². The molecule has 0 bridgehead atoms. The molecule has 0 spiro atoms. The summed E-state index contributed by atoms with van der Waals surface area (Å²) in [7, 11) is 0. The van der Waals surface area contributed by atoms with Crippen LogP contribution in [0, 0.1) is 22.7 Å². The number of fused-ring (bicyclic) bond motifs is 1. The molecule has 0 saturated heterocycles. The minimum Gasteiger partial charge on any atom is -0.490 e. The van der Waals surface area contributed by atoms with Crippen molar-refractivity contribution in [1.82, 2.24) is 0 Å². The molecule has 24 heavy (non-hydrogen) atoms. The van der Waals surface area contributed by atoms with E-state index in [1.807, 2.05) is 6.92 Å². The van der Waals surface area contributed by atoms with E-state index in [1.54, 1.807) is 0 Å². The van der Waals surface area contributed by atoms with Gasteiger partial charge in [0.15, 0.2) is 0 Å². The molecule has 3 heteroatoms. The number of hydrogen-bond acceptors (Lipinski definition) is 3. The third kappa shape index (κ3) is 2.58. The van der Waals surface area contributed by atoms with Gasteiger partial charge in [-0.2, -0.15) is 0 Å². The third-order valence-corrected chi connectivity index (χ3v) is 6.88. The maximum atomic E-state index is 10.5. The lowest BCUT2D eigenvalue weighted by Crippen LogP contribution is -2.56. The molecule has 0 aromatic carbocycles. The van der Waals surface area contributed by atoms with Crippen molar-refractivity contribution in [3.05, 3.63) is 47.8 Å².